The molecule has 4 nitrogen and oxygen atoms in total. The van der Waals surface area contributed by atoms with Crippen LogP contribution in [0.15, 0.2) is 29.2 Å². The van der Waals surface area contributed by atoms with Crippen molar-refractivity contribution in [1.82, 2.24) is 5.32 Å². The number of ether oxygens (including phenoxy) is 1. The zero-order valence-corrected chi connectivity index (χ0v) is 13.2. The predicted molar refractivity (Wildman–Crippen MR) is 79.6 cm³/mol. The number of sulfone groups is 1. The van der Waals surface area contributed by atoms with Crippen LogP contribution in [0.1, 0.15) is 38.4 Å². The Hall–Kier alpha value is -0.910. The van der Waals surface area contributed by atoms with E-state index in [4.69, 9.17) is 4.74 Å². The molecule has 1 aromatic rings. The van der Waals surface area contributed by atoms with Crippen molar-refractivity contribution < 1.29 is 13.2 Å². The molecule has 1 atom stereocenters. The van der Waals surface area contributed by atoms with Crippen LogP contribution in [0.25, 0.3) is 0 Å². The maximum absolute atomic E-state index is 11.4. The third-order valence-electron chi connectivity index (χ3n) is 4.26. The normalized spacial score (nSPS) is 22.6. The molecule has 2 rings (SSSR count). The molecule has 5 heteroatoms. The van der Waals surface area contributed by atoms with Crippen molar-refractivity contribution in [2.24, 2.45) is 0 Å². The Kier molecular flexibility index (Phi) is 4.52. The van der Waals surface area contributed by atoms with E-state index < -0.39 is 9.84 Å². The second kappa shape index (κ2) is 5.84. The number of nitrogens with one attached hydrogen (secondary N) is 1. The lowest BCUT2D eigenvalue weighted by Gasteiger charge is -2.40. The first-order chi connectivity index (χ1) is 9.40. The molecule has 112 valence electrons. The van der Waals surface area contributed by atoms with Gasteiger partial charge in [0.05, 0.1) is 17.6 Å². The Bertz CT molecular complexity index is 537. The summed E-state index contributed by atoms with van der Waals surface area (Å²) in [5.41, 5.74) is 1.11. The summed E-state index contributed by atoms with van der Waals surface area (Å²) < 4.78 is 28.9. The molecule has 20 heavy (non-hydrogen) atoms. The first-order valence-electron chi connectivity index (χ1n) is 7.07. The van der Waals surface area contributed by atoms with Gasteiger partial charge >= 0.3 is 0 Å². The smallest absolute Gasteiger partial charge is 0.175 e. The molecule has 1 aliphatic rings. The van der Waals surface area contributed by atoms with E-state index in [0.717, 1.165) is 24.9 Å². The van der Waals surface area contributed by atoms with E-state index in [0.29, 0.717) is 11.5 Å². The van der Waals surface area contributed by atoms with E-state index in [1.165, 1.54) is 6.26 Å². The van der Waals surface area contributed by atoms with Gasteiger partial charge in [-0.25, -0.2) is 8.42 Å². The first-order valence-corrected chi connectivity index (χ1v) is 8.96. The second-order valence-corrected chi connectivity index (χ2v) is 7.52. The molecule has 1 fully saturated rings. The fraction of sp³-hybridized carbons (Fsp3) is 0.600. The van der Waals surface area contributed by atoms with Crippen LogP contribution in [0, 0.1) is 0 Å². The van der Waals surface area contributed by atoms with E-state index in [1.54, 1.807) is 12.1 Å². The number of hydrogen-bond acceptors (Lipinski definition) is 4. The number of morpholine rings is 1. The molecule has 0 aliphatic carbocycles. The maximum atomic E-state index is 11.4. The van der Waals surface area contributed by atoms with Crippen LogP contribution in [0.2, 0.25) is 0 Å². The average molecular weight is 297 g/mol. The van der Waals surface area contributed by atoms with Crippen LogP contribution < -0.4 is 5.32 Å². The van der Waals surface area contributed by atoms with Gasteiger partial charge in [-0.15, -0.1) is 0 Å². The van der Waals surface area contributed by atoms with Crippen LogP contribution in [0.3, 0.4) is 0 Å². The maximum Gasteiger partial charge on any atom is 0.175 e. The van der Waals surface area contributed by atoms with E-state index in [9.17, 15) is 8.42 Å². The van der Waals surface area contributed by atoms with Crippen molar-refractivity contribution in [2.75, 3.05) is 19.4 Å². The van der Waals surface area contributed by atoms with Gasteiger partial charge in [0.1, 0.15) is 0 Å². The molecule has 0 bridgehead atoms. The molecule has 1 aromatic carbocycles. The van der Waals surface area contributed by atoms with Crippen molar-refractivity contribution in [2.45, 2.75) is 43.2 Å². The van der Waals surface area contributed by atoms with Gasteiger partial charge < -0.3 is 10.1 Å². The second-order valence-electron chi connectivity index (χ2n) is 5.51. The monoisotopic (exact) mass is 297 g/mol. The van der Waals surface area contributed by atoms with Gasteiger partial charge in [0, 0.05) is 18.3 Å². The van der Waals surface area contributed by atoms with Crippen LogP contribution in [-0.2, 0) is 14.6 Å². The summed E-state index contributed by atoms with van der Waals surface area (Å²) in [7, 11) is -3.13. The van der Waals surface area contributed by atoms with Gasteiger partial charge in [0.25, 0.3) is 0 Å². The van der Waals surface area contributed by atoms with E-state index >= 15 is 0 Å². The molecule has 0 aromatic heterocycles. The SMILES string of the molecule is CCC1(CC)COC(c2ccc(S(C)(=O)=O)cc2)CN1. The minimum atomic E-state index is -3.13. The van der Waals surface area contributed by atoms with Crippen molar-refractivity contribution in [3.05, 3.63) is 29.8 Å². The Balaban J connectivity index is 2.08. The molecular formula is C15H23NO3S. The standard InChI is InChI=1S/C15H23NO3S/c1-4-15(5-2)11-19-14(10-16-15)12-6-8-13(9-7-12)20(3,17)18/h6-9,14,16H,4-5,10-11H2,1-3H3. The largest absolute Gasteiger partial charge is 0.370 e. The van der Waals surface area contributed by atoms with Crippen molar-refractivity contribution in [3.63, 3.8) is 0 Å². The molecule has 0 amide bonds. The number of hydrogen-bond donors (Lipinski definition) is 1. The summed E-state index contributed by atoms with van der Waals surface area (Å²) in [5.74, 6) is 0. The van der Waals surface area contributed by atoms with Crippen LogP contribution >= 0.6 is 0 Å². The molecule has 0 spiro atoms. The van der Waals surface area contributed by atoms with Gasteiger partial charge in [-0.2, -0.15) is 0 Å². The molecular weight excluding hydrogens is 274 g/mol. The quantitative estimate of drug-likeness (QED) is 0.926. The average Bonchev–Trinajstić information content (AvgIpc) is 2.47. The van der Waals surface area contributed by atoms with Crippen molar-refractivity contribution in [1.29, 1.82) is 0 Å². The molecule has 0 saturated carbocycles. The highest BCUT2D eigenvalue weighted by Crippen LogP contribution is 2.28. The van der Waals surface area contributed by atoms with Crippen LogP contribution in [-0.4, -0.2) is 33.4 Å². The predicted octanol–water partition coefficient (Wildman–Crippen LogP) is 2.31. The van der Waals surface area contributed by atoms with Crippen molar-refractivity contribution >= 4 is 9.84 Å². The summed E-state index contributed by atoms with van der Waals surface area (Å²) in [6.07, 6.45) is 3.30. The van der Waals surface area contributed by atoms with Gasteiger partial charge in [-0.1, -0.05) is 26.0 Å². The molecule has 1 N–H and O–H groups in total. The molecule has 1 heterocycles. The Labute approximate surface area is 121 Å². The van der Waals surface area contributed by atoms with E-state index in [2.05, 4.69) is 19.2 Å². The Morgan fingerprint density at radius 3 is 2.25 bits per heavy atom. The lowest BCUT2D eigenvalue weighted by molar-refractivity contribution is -0.0374. The zero-order chi connectivity index (χ0) is 14.8. The molecule has 1 unspecified atom stereocenters. The highest BCUT2D eigenvalue weighted by Gasteiger charge is 2.32. The van der Waals surface area contributed by atoms with Gasteiger partial charge in [0.15, 0.2) is 9.84 Å². The molecule has 1 aliphatic heterocycles. The Morgan fingerprint density at radius 2 is 1.85 bits per heavy atom. The highest BCUT2D eigenvalue weighted by molar-refractivity contribution is 7.90. The van der Waals surface area contributed by atoms with Crippen molar-refractivity contribution in [3.8, 4) is 0 Å². The fourth-order valence-electron chi connectivity index (χ4n) is 2.53. The van der Waals surface area contributed by atoms with Crippen LogP contribution in [0.5, 0.6) is 0 Å². The minimum Gasteiger partial charge on any atom is -0.370 e. The summed E-state index contributed by atoms with van der Waals surface area (Å²) in [6, 6.07) is 6.98. The third-order valence-corrected chi connectivity index (χ3v) is 5.39. The number of rotatable bonds is 4. The zero-order valence-electron chi connectivity index (χ0n) is 12.3. The number of benzene rings is 1. The van der Waals surface area contributed by atoms with E-state index in [-0.39, 0.29) is 11.6 Å². The summed E-state index contributed by atoms with van der Waals surface area (Å²) in [4.78, 5) is 0.349. The molecule has 0 radical (unpaired) electrons. The third kappa shape index (κ3) is 3.22. The van der Waals surface area contributed by atoms with Crippen LogP contribution in [0.4, 0.5) is 0 Å². The Morgan fingerprint density at radius 1 is 1.25 bits per heavy atom. The lowest BCUT2D eigenvalue weighted by atomic mass is 9.91. The van der Waals surface area contributed by atoms with Gasteiger partial charge in [-0.05, 0) is 30.5 Å². The highest BCUT2D eigenvalue weighted by atomic mass is 32.2. The van der Waals surface area contributed by atoms with E-state index in [1.807, 2.05) is 12.1 Å². The lowest BCUT2D eigenvalue weighted by Crippen LogP contribution is -2.54. The fourth-order valence-corrected chi connectivity index (χ4v) is 3.16. The first kappa shape index (κ1) is 15.5. The topological polar surface area (TPSA) is 55.4 Å². The minimum absolute atomic E-state index is 0.00478. The summed E-state index contributed by atoms with van der Waals surface area (Å²) in [6.45, 7) is 5.79. The summed E-state index contributed by atoms with van der Waals surface area (Å²) in [5, 5.41) is 3.58. The molecule has 1 saturated heterocycles. The van der Waals surface area contributed by atoms with Gasteiger partial charge in [-0.3, -0.25) is 0 Å². The summed E-state index contributed by atoms with van der Waals surface area (Å²) >= 11 is 0. The van der Waals surface area contributed by atoms with Gasteiger partial charge in [0.2, 0.25) is 0 Å².